The van der Waals surface area contributed by atoms with Crippen LogP contribution in [0.4, 0.5) is 16.2 Å². The summed E-state index contributed by atoms with van der Waals surface area (Å²) in [5.41, 5.74) is 1.32. The van der Waals surface area contributed by atoms with Crippen molar-refractivity contribution in [1.82, 2.24) is 5.32 Å². The zero-order valence-electron chi connectivity index (χ0n) is 14.5. The molecule has 0 radical (unpaired) electrons. The van der Waals surface area contributed by atoms with Gasteiger partial charge in [-0.1, -0.05) is 39.8 Å². The van der Waals surface area contributed by atoms with Crippen LogP contribution >= 0.6 is 0 Å². The van der Waals surface area contributed by atoms with Crippen LogP contribution in [0.5, 0.6) is 0 Å². The Morgan fingerprint density at radius 3 is 2.41 bits per heavy atom. The maximum absolute atomic E-state index is 12.1. The third-order valence-electron chi connectivity index (χ3n) is 3.77. The number of hydrogen-bond acceptors (Lipinski definition) is 3. The van der Waals surface area contributed by atoms with Gasteiger partial charge < -0.3 is 20.6 Å². The van der Waals surface area contributed by atoms with Gasteiger partial charge in [-0.05, 0) is 18.1 Å². The second-order valence-electron chi connectivity index (χ2n) is 6.90. The Labute approximate surface area is 133 Å². The lowest BCUT2D eigenvalue weighted by Crippen LogP contribution is -2.44. The average molecular weight is 307 g/mol. The molecule has 0 aliphatic carbocycles. The molecule has 0 bridgehead atoms. The van der Waals surface area contributed by atoms with Crippen molar-refractivity contribution < 1.29 is 9.90 Å². The molecular formula is C17H29N3O2. The second kappa shape index (κ2) is 7.49. The van der Waals surface area contributed by atoms with Gasteiger partial charge in [-0.2, -0.15) is 0 Å². The van der Waals surface area contributed by atoms with Crippen LogP contribution in [0, 0.1) is 11.3 Å². The maximum atomic E-state index is 12.1. The molecule has 0 fully saturated rings. The Bertz CT molecular complexity index is 498. The summed E-state index contributed by atoms with van der Waals surface area (Å²) in [6, 6.07) is 7.36. The molecule has 5 nitrogen and oxygen atoms in total. The van der Waals surface area contributed by atoms with Crippen molar-refractivity contribution >= 4 is 17.4 Å². The number of rotatable bonds is 6. The van der Waals surface area contributed by atoms with Gasteiger partial charge in [0.1, 0.15) is 0 Å². The molecule has 0 spiro atoms. The number of nitrogens with zero attached hydrogens (tertiary/aromatic N) is 1. The topological polar surface area (TPSA) is 64.6 Å². The molecule has 1 aromatic rings. The van der Waals surface area contributed by atoms with Gasteiger partial charge in [-0.25, -0.2) is 4.79 Å². The predicted octanol–water partition coefficient (Wildman–Crippen LogP) is 2.92. The van der Waals surface area contributed by atoms with Crippen molar-refractivity contribution in [3.63, 3.8) is 0 Å². The molecule has 1 atom stereocenters. The summed E-state index contributed by atoms with van der Waals surface area (Å²) in [6.07, 6.45) is -0.470. The number of benzene rings is 1. The lowest BCUT2D eigenvalue weighted by Gasteiger charge is -2.33. The number of nitrogens with one attached hydrogen (secondary N) is 2. The largest absolute Gasteiger partial charge is 0.392 e. The fourth-order valence-electron chi connectivity index (χ4n) is 2.45. The number of urea groups is 1. The highest BCUT2D eigenvalue weighted by molar-refractivity contribution is 5.93. The standard InChI is InChI=1S/C17H29N3O2/c1-12(2)15(21)17(3,4)11-18-16(22)19-13-9-7-8-10-14(13)20(5)6/h7-10,12,15,21H,11H2,1-6H3,(H2,18,19,22). The van der Waals surface area contributed by atoms with Gasteiger partial charge in [0.15, 0.2) is 0 Å². The van der Waals surface area contributed by atoms with Crippen LogP contribution in [0.3, 0.4) is 0 Å². The normalized spacial score (nSPS) is 12.9. The molecular weight excluding hydrogens is 278 g/mol. The summed E-state index contributed by atoms with van der Waals surface area (Å²) in [5.74, 6) is 0.148. The lowest BCUT2D eigenvalue weighted by atomic mass is 9.81. The van der Waals surface area contributed by atoms with E-state index < -0.39 is 6.10 Å². The minimum Gasteiger partial charge on any atom is -0.392 e. The van der Waals surface area contributed by atoms with E-state index in [0.717, 1.165) is 11.4 Å². The van der Waals surface area contributed by atoms with Gasteiger partial charge in [0.25, 0.3) is 0 Å². The van der Waals surface area contributed by atoms with Gasteiger partial charge >= 0.3 is 6.03 Å². The fraction of sp³-hybridized carbons (Fsp3) is 0.588. The summed E-state index contributed by atoms with van der Waals surface area (Å²) in [7, 11) is 3.86. The van der Waals surface area contributed by atoms with Crippen molar-refractivity contribution in [2.45, 2.75) is 33.8 Å². The van der Waals surface area contributed by atoms with Crippen molar-refractivity contribution in [2.24, 2.45) is 11.3 Å². The van der Waals surface area contributed by atoms with Crippen molar-refractivity contribution in [2.75, 3.05) is 30.9 Å². The summed E-state index contributed by atoms with van der Waals surface area (Å²) in [5, 5.41) is 15.9. The van der Waals surface area contributed by atoms with Crippen molar-refractivity contribution in [3.05, 3.63) is 24.3 Å². The molecule has 1 rings (SSSR count). The summed E-state index contributed by atoms with van der Waals surface area (Å²) < 4.78 is 0. The molecule has 2 amide bonds. The van der Waals surface area contributed by atoms with Gasteiger partial charge in [-0.3, -0.25) is 0 Å². The van der Waals surface area contributed by atoms with E-state index in [1.807, 2.05) is 71.0 Å². The minimum atomic E-state index is -0.470. The van der Waals surface area contributed by atoms with Gasteiger partial charge in [-0.15, -0.1) is 0 Å². The molecule has 0 aliphatic rings. The quantitative estimate of drug-likeness (QED) is 0.757. The smallest absolute Gasteiger partial charge is 0.319 e. The maximum Gasteiger partial charge on any atom is 0.319 e. The monoisotopic (exact) mass is 307 g/mol. The molecule has 5 heteroatoms. The Kier molecular flexibility index (Phi) is 6.23. The van der Waals surface area contributed by atoms with Crippen molar-refractivity contribution in [3.8, 4) is 0 Å². The van der Waals surface area contributed by atoms with Crippen LogP contribution in [-0.4, -0.2) is 37.9 Å². The van der Waals surface area contributed by atoms with E-state index in [1.165, 1.54) is 0 Å². The first-order valence-electron chi connectivity index (χ1n) is 7.64. The second-order valence-corrected chi connectivity index (χ2v) is 6.90. The van der Waals surface area contributed by atoms with Crippen LogP contribution in [0.25, 0.3) is 0 Å². The lowest BCUT2D eigenvalue weighted by molar-refractivity contribution is 0.0154. The molecule has 0 heterocycles. The Hall–Kier alpha value is -1.75. The first kappa shape index (κ1) is 18.3. The fourth-order valence-corrected chi connectivity index (χ4v) is 2.45. The molecule has 1 unspecified atom stereocenters. The molecule has 0 aromatic heterocycles. The number of aliphatic hydroxyl groups excluding tert-OH is 1. The predicted molar refractivity (Wildman–Crippen MR) is 92.4 cm³/mol. The minimum absolute atomic E-state index is 0.148. The van der Waals surface area contributed by atoms with E-state index in [4.69, 9.17) is 0 Å². The molecule has 0 aliphatic heterocycles. The number of amides is 2. The van der Waals surface area contributed by atoms with E-state index in [1.54, 1.807) is 0 Å². The number of para-hydroxylation sites is 2. The molecule has 1 aromatic carbocycles. The van der Waals surface area contributed by atoms with E-state index in [2.05, 4.69) is 10.6 Å². The highest BCUT2D eigenvalue weighted by atomic mass is 16.3. The molecule has 124 valence electrons. The van der Waals surface area contributed by atoms with E-state index in [-0.39, 0.29) is 17.4 Å². The van der Waals surface area contributed by atoms with Crippen LogP contribution < -0.4 is 15.5 Å². The Morgan fingerprint density at radius 2 is 1.86 bits per heavy atom. The highest BCUT2D eigenvalue weighted by Crippen LogP contribution is 2.26. The molecule has 3 N–H and O–H groups in total. The van der Waals surface area contributed by atoms with Crippen LogP contribution in [-0.2, 0) is 0 Å². The Morgan fingerprint density at radius 1 is 1.27 bits per heavy atom. The third-order valence-corrected chi connectivity index (χ3v) is 3.77. The van der Waals surface area contributed by atoms with Crippen LogP contribution in [0.1, 0.15) is 27.7 Å². The first-order chi connectivity index (χ1) is 10.1. The number of hydrogen-bond donors (Lipinski definition) is 3. The van der Waals surface area contributed by atoms with Crippen LogP contribution in [0.15, 0.2) is 24.3 Å². The van der Waals surface area contributed by atoms with Gasteiger partial charge in [0, 0.05) is 26.1 Å². The number of carbonyl (C=O) groups excluding carboxylic acids is 1. The van der Waals surface area contributed by atoms with E-state index in [0.29, 0.717) is 6.54 Å². The van der Waals surface area contributed by atoms with Gasteiger partial charge in [0.05, 0.1) is 17.5 Å². The Balaban J connectivity index is 2.65. The van der Waals surface area contributed by atoms with E-state index in [9.17, 15) is 9.90 Å². The van der Waals surface area contributed by atoms with Crippen LogP contribution in [0.2, 0.25) is 0 Å². The average Bonchev–Trinajstić information content (AvgIpc) is 2.44. The van der Waals surface area contributed by atoms with Gasteiger partial charge in [0.2, 0.25) is 0 Å². The summed E-state index contributed by atoms with van der Waals surface area (Å²) in [6.45, 7) is 8.25. The molecule has 0 saturated carbocycles. The van der Waals surface area contributed by atoms with Crippen molar-refractivity contribution in [1.29, 1.82) is 0 Å². The summed E-state index contributed by atoms with van der Waals surface area (Å²) >= 11 is 0. The first-order valence-corrected chi connectivity index (χ1v) is 7.64. The zero-order valence-corrected chi connectivity index (χ0v) is 14.5. The molecule has 22 heavy (non-hydrogen) atoms. The number of carbonyl (C=O) groups is 1. The molecule has 0 saturated heterocycles. The summed E-state index contributed by atoms with van der Waals surface area (Å²) in [4.78, 5) is 14.1. The highest BCUT2D eigenvalue weighted by Gasteiger charge is 2.30. The SMILES string of the molecule is CC(C)C(O)C(C)(C)CNC(=O)Nc1ccccc1N(C)C. The zero-order chi connectivity index (χ0) is 16.9. The number of anilines is 2. The third kappa shape index (κ3) is 4.91. The number of aliphatic hydroxyl groups is 1. The van der Waals surface area contributed by atoms with E-state index >= 15 is 0 Å².